The monoisotopic (exact) mass is 332 g/mol. The van der Waals surface area contributed by atoms with Crippen molar-refractivity contribution in [3.8, 4) is 5.75 Å². The number of nitrogens with zero attached hydrogens (tertiary/aromatic N) is 2. The van der Waals surface area contributed by atoms with Crippen molar-refractivity contribution in [2.24, 2.45) is 0 Å². The molecule has 4 heteroatoms. The molecule has 0 bridgehead atoms. The summed E-state index contributed by atoms with van der Waals surface area (Å²) in [6, 6.07) is 7.05. The molecule has 2 heterocycles. The van der Waals surface area contributed by atoms with Crippen LogP contribution in [0.2, 0.25) is 0 Å². The lowest BCUT2D eigenvalue weighted by Crippen LogP contribution is -2.49. The van der Waals surface area contributed by atoms with E-state index in [9.17, 15) is 0 Å². The smallest absolute Gasteiger partial charge is 0.120 e. The minimum absolute atomic E-state index is 0.360. The molecule has 24 heavy (non-hydrogen) atoms. The van der Waals surface area contributed by atoms with E-state index in [4.69, 9.17) is 9.47 Å². The normalized spacial score (nSPS) is 22.5. The van der Waals surface area contributed by atoms with Crippen LogP contribution in [0.3, 0.4) is 0 Å². The van der Waals surface area contributed by atoms with Crippen LogP contribution in [0.4, 0.5) is 0 Å². The van der Waals surface area contributed by atoms with Crippen LogP contribution >= 0.6 is 0 Å². The SMILES string of the molecule is Cc1ccc(OC2CCN([C@@H](C)CN3CCOCC3)CC2)cc1C. The highest BCUT2D eigenvalue weighted by Crippen LogP contribution is 2.22. The predicted octanol–water partition coefficient (Wildman–Crippen LogP) is 2.87. The van der Waals surface area contributed by atoms with Gasteiger partial charge in [-0.25, -0.2) is 0 Å². The number of hydrogen-bond acceptors (Lipinski definition) is 4. The molecule has 0 amide bonds. The van der Waals surface area contributed by atoms with E-state index < -0.39 is 0 Å². The molecule has 1 aromatic carbocycles. The predicted molar refractivity (Wildman–Crippen MR) is 97.9 cm³/mol. The zero-order valence-corrected chi connectivity index (χ0v) is 15.5. The van der Waals surface area contributed by atoms with Crippen molar-refractivity contribution in [2.75, 3.05) is 45.9 Å². The second-order valence-corrected chi connectivity index (χ2v) is 7.36. The van der Waals surface area contributed by atoms with Crippen molar-refractivity contribution in [3.63, 3.8) is 0 Å². The maximum absolute atomic E-state index is 6.22. The van der Waals surface area contributed by atoms with Gasteiger partial charge in [0.15, 0.2) is 0 Å². The summed E-state index contributed by atoms with van der Waals surface area (Å²) in [7, 11) is 0. The van der Waals surface area contributed by atoms with Crippen molar-refractivity contribution in [2.45, 2.75) is 45.8 Å². The molecule has 0 radical (unpaired) electrons. The van der Waals surface area contributed by atoms with Crippen LogP contribution in [-0.2, 0) is 4.74 Å². The summed E-state index contributed by atoms with van der Waals surface area (Å²) >= 11 is 0. The topological polar surface area (TPSA) is 24.9 Å². The van der Waals surface area contributed by atoms with Gasteiger partial charge in [-0.3, -0.25) is 9.80 Å². The van der Waals surface area contributed by atoms with Crippen molar-refractivity contribution >= 4 is 0 Å². The Labute approximate surface area is 146 Å². The van der Waals surface area contributed by atoms with Crippen LogP contribution in [-0.4, -0.2) is 67.9 Å². The summed E-state index contributed by atoms with van der Waals surface area (Å²) in [6.07, 6.45) is 2.61. The Kier molecular flexibility index (Phi) is 6.14. The van der Waals surface area contributed by atoms with E-state index in [1.165, 1.54) is 11.1 Å². The van der Waals surface area contributed by atoms with E-state index in [1.54, 1.807) is 0 Å². The molecule has 1 atom stereocenters. The van der Waals surface area contributed by atoms with Crippen LogP contribution in [0.25, 0.3) is 0 Å². The molecule has 0 unspecified atom stereocenters. The molecule has 0 aliphatic carbocycles. The Bertz CT molecular complexity index is 520. The highest BCUT2D eigenvalue weighted by atomic mass is 16.5. The molecule has 0 aromatic heterocycles. The first-order valence-electron chi connectivity index (χ1n) is 9.40. The van der Waals surface area contributed by atoms with Gasteiger partial charge in [-0.1, -0.05) is 6.07 Å². The number of aryl methyl sites for hydroxylation is 2. The van der Waals surface area contributed by atoms with Crippen molar-refractivity contribution in [3.05, 3.63) is 29.3 Å². The number of ether oxygens (including phenoxy) is 2. The van der Waals surface area contributed by atoms with E-state index in [0.29, 0.717) is 12.1 Å². The van der Waals surface area contributed by atoms with Gasteiger partial charge in [0.2, 0.25) is 0 Å². The lowest BCUT2D eigenvalue weighted by molar-refractivity contribution is 0.0159. The molecule has 2 saturated heterocycles. The first-order valence-corrected chi connectivity index (χ1v) is 9.40. The lowest BCUT2D eigenvalue weighted by Gasteiger charge is -2.38. The molecular formula is C20H32N2O2. The summed E-state index contributed by atoms with van der Waals surface area (Å²) in [5.41, 5.74) is 2.64. The Morgan fingerprint density at radius 3 is 2.46 bits per heavy atom. The third-order valence-corrected chi connectivity index (χ3v) is 5.51. The second-order valence-electron chi connectivity index (χ2n) is 7.36. The van der Waals surface area contributed by atoms with Crippen molar-refractivity contribution < 1.29 is 9.47 Å². The summed E-state index contributed by atoms with van der Waals surface area (Å²) in [4.78, 5) is 5.15. The highest BCUT2D eigenvalue weighted by Gasteiger charge is 2.25. The Morgan fingerprint density at radius 2 is 1.79 bits per heavy atom. The van der Waals surface area contributed by atoms with Gasteiger partial charge in [-0.15, -0.1) is 0 Å². The van der Waals surface area contributed by atoms with Crippen LogP contribution in [0.15, 0.2) is 18.2 Å². The number of piperidine rings is 1. The fourth-order valence-electron chi connectivity index (χ4n) is 3.69. The standard InChI is InChI=1S/C20H32N2O2/c1-16-4-5-20(14-17(16)2)24-19-6-8-22(9-7-19)18(3)15-21-10-12-23-13-11-21/h4-5,14,18-19H,6-13,15H2,1-3H3/t18-/m0/s1. The van der Waals surface area contributed by atoms with Gasteiger partial charge >= 0.3 is 0 Å². The van der Waals surface area contributed by atoms with Gasteiger partial charge < -0.3 is 9.47 Å². The molecule has 0 N–H and O–H groups in total. The fraction of sp³-hybridized carbons (Fsp3) is 0.700. The lowest BCUT2D eigenvalue weighted by atomic mass is 10.0. The number of benzene rings is 1. The molecule has 2 fully saturated rings. The summed E-state index contributed by atoms with van der Waals surface area (Å²) < 4.78 is 11.7. The van der Waals surface area contributed by atoms with Gasteiger partial charge in [0.05, 0.1) is 13.2 Å². The zero-order valence-electron chi connectivity index (χ0n) is 15.5. The molecule has 2 aliphatic rings. The van der Waals surface area contributed by atoms with E-state index in [-0.39, 0.29) is 0 Å². The minimum Gasteiger partial charge on any atom is -0.490 e. The maximum Gasteiger partial charge on any atom is 0.120 e. The second kappa shape index (κ2) is 8.32. The van der Waals surface area contributed by atoms with E-state index in [1.807, 2.05) is 0 Å². The molecule has 2 aliphatic heterocycles. The average molecular weight is 332 g/mol. The number of morpholine rings is 1. The zero-order chi connectivity index (χ0) is 16.9. The molecule has 4 nitrogen and oxygen atoms in total. The summed E-state index contributed by atoms with van der Waals surface area (Å²) in [6.45, 7) is 14.0. The van der Waals surface area contributed by atoms with E-state index in [0.717, 1.165) is 64.5 Å². The minimum atomic E-state index is 0.360. The molecule has 0 spiro atoms. The van der Waals surface area contributed by atoms with Crippen molar-refractivity contribution in [1.82, 2.24) is 9.80 Å². The largest absolute Gasteiger partial charge is 0.490 e. The Balaban J connectivity index is 1.43. The molecule has 3 rings (SSSR count). The van der Waals surface area contributed by atoms with Gasteiger partial charge in [-0.05, 0) is 56.9 Å². The fourth-order valence-corrected chi connectivity index (χ4v) is 3.69. The van der Waals surface area contributed by atoms with Gasteiger partial charge in [0.1, 0.15) is 11.9 Å². The Hall–Kier alpha value is -1.10. The van der Waals surface area contributed by atoms with E-state index in [2.05, 4.69) is 48.8 Å². The average Bonchev–Trinajstić information content (AvgIpc) is 2.60. The number of hydrogen-bond donors (Lipinski definition) is 0. The molecule has 134 valence electrons. The third kappa shape index (κ3) is 4.71. The van der Waals surface area contributed by atoms with E-state index >= 15 is 0 Å². The number of rotatable bonds is 5. The quantitative estimate of drug-likeness (QED) is 0.828. The number of likely N-dealkylation sites (tertiary alicyclic amines) is 1. The third-order valence-electron chi connectivity index (χ3n) is 5.51. The maximum atomic E-state index is 6.22. The molecular weight excluding hydrogens is 300 g/mol. The molecule has 0 saturated carbocycles. The first kappa shape index (κ1) is 17.7. The van der Waals surface area contributed by atoms with Gasteiger partial charge in [0.25, 0.3) is 0 Å². The van der Waals surface area contributed by atoms with Gasteiger partial charge in [0, 0.05) is 38.8 Å². The first-order chi connectivity index (χ1) is 11.6. The Morgan fingerprint density at radius 1 is 1.08 bits per heavy atom. The highest BCUT2D eigenvalue weighted by molar-refractivity contribution is 5.33. The summed E-state index contributed by atoms with van der Waals surface area (Å²) in [5, 5.41) is 0. The van der Waals surface area contributed by atoms with Crippen LogP contribution < -0.4 is 4.74 Å². The van der Waals surface area contributed by atoms with Crippen LogP contribution in [0.1, 0.15) is 30.9 Å². The molecule has 1 aromatic rings. The van der Waals surface area contributed by atoms with Crippen LogP contribution in [0, 0.1) is 13.8 Å². The van der Waals surface area contributed by atoms with Crippen LogP contribution in [0.5, 0.6) is 5.75 Å². The van der Waals surface area contributed by atoms with Crippen molar-refractivity contribution in [1.29, 1.82) is 0 Å². The summed E-state index contributed by atoms with van der Waals surface area (Å²) in [5.74, 6) is 1.03. The van der Waals surface area contributed by atoms with Gasteiger partial charge in [-0.2, -0.15) is 0 Å².